The van der Waals surface area contributed by atoms with Crippen LogP contribution in [0.4, 0.5) is 0 Å². The number of carbonyl (C=O) groups excluding carboxylic acids is 1. The van der Waals surface area contributed by atoms with Gasteiger partial charge < -0.3 is 10.1 Å². The number of nitrogens with zero attached hydrogens (tertiary/aromatic N) is 1. The second kappa shape index (κ2) is 7.77. The van der Waals surface area contributed by atoms with Gasteiger partial charge in [0.2, 0.25) is 10.0 Å². The second-order valence-electron chi connectivity index (χ2n) is 10.5. The summed E-state index contributed by atoms with van der Waals surface area (Å²) in [4.78, 5) is 13.3. The maximum atomic E-state index is 13.2. The number of methoxy groups -OCH3 is 1. The lowest BCUT2D eigenvalue weighted by Gasteiger charge is -2.59. The number of amides is 1. The van der Waals surface area contributed by atoms with Crippen LogP contribution in [0.2, 0.25) is 0 Å². The summed E-state index contributed by atoms with van der Waals surface area (Å²) in [5, 5.41) is 3.25. The molecule has 1 aromatic carbocycles. The Morgan fingerprint density at radius 3 is 2.23 bits per heavy atom. The van der Waals surface area contributed by atoms with Crippen molar-refractivity contribution in [3.8, 4) is 5.75 Å². The van der Waals surface area contributed by atoms with E-state index >= 15 is 0 Å². The van der Waals surface area contributed by atoms with Crippen LogP contribution in [-0.4, -0.2) is 44.9 Å². The number of nitrogens with one attached hydrogen (secondary N) is 1. The highest BCUT2D eigenvalue weighted by molar-refractivity contribution is 7.89. The van der Waals surface area contributed by atoms with Gasteiger partial charge in [-0.2, -0.15) is 4.31 Å². The van der Waals surface area contributed by atoms with Gasteiger partial charge in [-0.25, -0.2) is 8.42 Å². The Morgan fingerprint density at radius 1 is 1.10 bits per heavy atom. The molecule has 1 aliphatic heterocycles. The normalized spacial score (nSPS) is 33.4. The van der Waals surface area contributed by atoms with Gasteiger partial charge in [-0.3, -0.25) is 4.79 Å². The van der Waals surface area contributed by atoms with E-state index in [1.165, 1.54) is 56.0 Å². The van der Waals surface area contributed by atoms with Crippen LogP contribution in [0, 0.1) is 23.2 Å². The topological polar surface area (TPSA) is 75.7 Å². The molecule has 31 heavy (non-hydrogen) atoms. The van der Waals surface area contributed by atoms with E-state index in [2.05, 4.69) is 12.2 Å². The van der Waals surface area contributed by atoms with E-state index in [1.807, 2.05) is 0 Å². The number of ether oxygens (including phenoxy) is 1. The standard InChI is InChI=1S/C24H34N2O4S/c1-16(24-13-17-9-18(14-24)11-19(10-17)15-24)25-23(27)20-5-6-21(30-2)22(12-20)31(28,29)26-7-3-4-8-26/h5-6,12,16-19H,3-4,7-11,13-15H2,1-2H3,(H,25,27). The predicted octanol–water partition coefficient (Wildman–Crippen LogP) is 3.81. The minimum atomic E-state index is -3.67. The molecular formula is C24H34N2O4S. The van der Waals surface area contributed by atoms with Gasteiger partial charge in [-0.15, -0.1) is 0 Å². The Kier molecular flexibility index (Phi) is 5.32. The zero-order chi connectivity index (χ0) is 21.8. The molecule has 1 amide bonds. The van der Waals surface area contributed by atoms with Crippen molar-refractivity contribution < 1.29 is 17.9 Å². The minimum absolute atomic E-state index is 0.0898. The molecule has 0 spiro atoms. The van der Waals surface area contributed by atoms with E-state index in [1.54, 1.807) is 12.1 Å². The molecule has 1 unspecified atom stereocenters. The van der Waals surface area contributed by atoms with E-state index < -0.39 is 10.0 Å². The molecule has 1 saturated heterocycles. The van der Waals surface area contributed by atoms with Gasteiger partial charge in [-0.05, 0) is 99.7 Å². The quantitative estimate of drug-likeness (QED) is 0.721. The van der Waals surface area contributed by atoms with Gasteiger partial charge in [0.25, 0.3) is 5.91 Å². The highest BCUT2D eigenvalue weighted by atomic mass is 32.2. The Hall–Kier alpha value is -1.60. The minimum Gasteiger partial charge on any atom is -0.495 e. The summed E-state index contributed by atoms with van der Waals surface area (Å²) in [6, 6.07) is 4.86. The molecule has 170 valence electrons. The number of hydrogen-bond acceptors (Lipinski definition) is 4. The summed E-state index contributed by atoms with van der Waals surface area (Å²) in [6.45, 7) is 3.19. The maximum absolute atomic E-state index is 13.2. The zero-order valence-corrected chi connectivity index (χ0v) is 19.4. The molecule has 0 radical (unpaired) electrons. The molecule has 6 nitrogen and oxygen atoms in total. The van der Waals surface area contributed by atoms with Crippen molar-refractivity contribution in [2.24, 2.45) is 23.2 Å². The van der Waals surface area contributed by atoms with Crippen molar-refractivity contribution in [3.63, 3.8) is 0 Å². The Morgan fingerprint density at radius 2 is 1.68 bits per heavy atom. The molecule has 1 atom stereocenters. The number of carbonyl (C=O) groups is 1. The van der Waals surface area contributed by atoms with Crippen molar-refractivity contribution in [3.05, 3.63) is 23.8 Å². The summed E-state index contributed by atoms with van der Waals surface area (Å²) in [5.74, 6) is 2.57. The molecule has 1 heterocycles. The third-order valence-electron chi connectivity index (χ3n) is 8.46. The van der Waals surface area contributed by atoms with E-state index in [4.69, 9.17) is 4.74 Å². The summed E-state index contributed by atoms with van der Waals surface area (Å²) in [7, 11) is -2.21. The maximum Gasteiger partial charge on any atom is 0.251 e. The van der Waals surface area contributed by atoms with Gasteiger partial charge in [-0.1, -0.05) is 0 Å². The van der Waals surface area contributed by atoms with Crippen molar-refractivity contribution in [1.82, 2.24) is 9.62 Å². The number of rotatable bonds is 6. The molecule has 1 N–H and O–H groups in total. The summed E-state index contributed by atoms with van der Waals surface area (Å²) in [6.07, 6.45) is 9.50. The van der Waals surface area contributed by atoms with E-state index in [-0.39, 0.29) is 28.0 Å². The number of benzene rings is 1. The van der Waals surface area contributed by atoms with Gasteiger partial charge in [0.1, 0.15) is 10.6 Å². The zero-order valence-electron chi connectivity index (χ0n) is 18.6. The molecule has 5 fully saturated rings. The fourth-order valence-corrected chi connectivity index (χ4v) is 8.93. The van der Waals surface area contributed by atoms with E-state index in [9.17, 15) is 13.2 Å². The van der Waals surface area contributed by atoms with Crippen molar-refractivity contribution in [2.75, 3.05) is 20.2 Å². The lowest BCUT2D eigenvalue weighted by atomic mass is 9.48. The largest absolute Gasteiger partial charge is 0.495 e. The molecule has 4 saturated carbocycles. The lowest BCUT2D eigenvalue weighted by Crippen LogP contribution is -2.55. The smallest absolute Gasteiger partial charge is 0.251 e. The van der Waals surface area contributed by atoms with Crippen LogP contribution in [0.25, 0.3) is 0 Å². The first-order chi connectivity index (χ1) is 14.8. The van der Waals surface area contributed by atoms with Crippen LogP contribution in [0.1, 0.15) is 68.6 Å². The average Bonchev–Trinajstić information content (AvgIpc) is 3.28. The molecule has 0 aromatic heterocycles. The first kappa shape index (κ1) is 21.3. The van der Waals surface area contributed by atoms with Crippen LogP contribution in [-0.2, 0) is 10.0 Å². The van der Waals surface area contributed by atoms with Crippen molar-refractivity contribution in [2.45, 2.75) is 69.2 Å². The molecule has 1 aromatic rings. The lowest BCUT2D eigenvalue weighted by molar-refractivity contribution is -0.0688. The van der Waals surface area contributed by atoms with E-state index in [0.29, 0.717) is 18.7 Å². The number of sulfonamides is 1. The summed E-state index contributed by atoms with van der Waals surface area (Å²) >= 11 is 0. The first-order valence-corrected chi connectivity index (χ1v) is 13.2. The highest BCUT2D eigenvalue weighted by Crippen LogP contribution is 2.61. The van der Waals surface area contributed by atoms with Crippen molar-refractivity contribution >= 4 is 15.9 Å². The average molecular weight is 447 g/mol. The van der Waals surface area contributed by atoms with Crippen LogP contribution >= 0.6 is 0 Å². The molecule has 6 rings (SSSR count). The third kappa shape index (κ3) is 3.67. The Labute approximate surface area is 185 Å². The molecule has 5 aliphatic rings. The van der Waals surface area contributed by atoms with Crippen LogP contribution in [0.5, 0.6) is 5.75 Å². The SMILES string of the molecule is COc1ccc(C(=O)NC(C)C23CC4CC(CC(C4)C2)C3)cc1S(=O)(=O)N1CCCC1. The highest BCUT2D eigenvalue weighted by Gasteiger charge is 2.53. The van der Waals surface area contributed by atoms with Crippen LogP contribution < -0.4 is 10.1 Å². The monoisotopic (exact) mass is 446 g/mol. The predicted molar refractivity (Wildman–Crippen MR) is 119 cm³/mol. The molecule has 4 aliphatic carbocycles. The van der Waals surface area contributed by atoms with Gasteiger partial charge >= 0.3 is 0 Å². The second-order valence-corrected chi connectivity index (χ2v) is 12.4. The molecule has 4 bridgehead atoms. The first-order valence-electron chi connectivity index (χ1n) is 11.8. The fourth-order valence-electron chi connectivity index (χ4n) is 7.23. The fraction of sp³-hybridized carbons (Fsp3) is 0.708. The molecule has 7 heteroatoms. The Bertz CT molecular complexity index is 933. The van der Waals surface area contributed by atoms with Gasteiger partial charge in [0.15, 0.2) is 0 Å². The summed E-state index contributed by atoms with van der Waals surface area (Å²) in [5.41, 5.74) is 0.594. The summed E-state index contributed by atoms with van der Waals surface area (Å²) < 4.78 is 33.1. The third-order valence-corrected chi connectivity index (χ3v) is 10.4. The van der Waals surface area contributed by atoms with Gasteiger partial charge in [0.05, 0.1) is 7.11 Å². The number of hydrogen-bond donors (Lipinski definition) is 1. The van der Waals surface area contributed by atoms with E-state index in [0.717, 1.165) is 30.6 Å². The van der Waals surface area contributed by atoms with Crippen molar-refractivity contribution in [1.29, 1.82) is 0 Å². The van der Waals surface area contributed by atoms with Crippen LogP contribution in [0.15, 0.2) is 23.1 Å². The Balaban J connectivity index is 1.37. The van der Waals surface area contributed by atoms with Gasteiger partial charge in [0, 0.05) is 24.7 Å². The van der Waals surface area contributed by atoms with Crippen LogP contribution in [0.3, 0.4) is 0 Å². The molecular weight excluding hydrogens is 412 g/mol.